The molecular formula is C14H20N4O3. The summed E-state index contributed by atoms with van der Waals surface area (Å²) in [7, 11) is 0. The third-order valence-electron chi connectivity index (χ3n) is 3.00. The summed E-state index contributed by atoms with van der Waals surface area (Å²) < 4.78 is 10.3. The molecule has 0 radical (unpaired) electrons. The van der Waals surface area contributed by atoms with E-state index in [9.17, 15) is 4.79 Å². The lowest BCUT2D eigenvalue weighted by molar-refractivity contribution is 0.0226. The Morgan fingerprint density at radius 2 is 2.19 bits per heavy atom. The molecule has 21 heavy (non-hydrogen) atoms. The van der Waals surface area contributed by atoms with E-state index in [1.165, 1.54) is 0 Å². The first-order valence-corrected chi connectivity index (χ1v) is 6.81. The first-order chi connectivity index (χ1) is 9.80. The van der Waals surface area contributed by atoms with Gasteiger partial charge in [-0.2, -0.15) is 4.98 Å². The van der Waals surface area contributed by atoms with Crippen LogP contribution in [0.3, 0.4) is 0 Å². The first-order valence-electron chi connectivity index (χ1n) is 6.81. The molecule has 0 aliphatic carbocycles. The Bertz CT molecular complexity index is 555. The van der Waals surface area contributed by atoms with Crippen LogP contribution in [0, 0.1) is 19.3 Å². The fraction of sp³-hybridized carbons (Fsp3) is 0.643. The predicted octanol–water partition coefficient (Wildman–Crippen LogP) is 1.44. The van der Waals surface area contributed by atoms with Crippen LogP contribution < -0.4 is 4.90 Å². The number of aromatic nitrogens is 2. The molecule has 1 aliphatic heterocycles. The van der Waals surface area contributed by atoms with Crippen LogP contribution >= 0.6 is 0 Å². The molecule has 7 heteroatoms. The summed E-state index contributed by atoms with van der Waals surface area (Å²) in [6.07, 6.45) is 5.22. The van der Waals surface area contributed by atoms with E-state index < -0.39 is 5.60 Å². The second-order valence-corrected chi connectivity index (χ2v) is 5.92. The van der Waals surface area contributed by atoms with Crippen LogP contribution in [0.15, 0.2) is 4.52 Å². The molecule has 114 valence electrons. The maximum atomic E-state index is 12.1. The molecule has 1 aromatic heterocycles. The van der Waals surface area contributed by atoms with Gasteiger partial charge >= 0.3 is 6.09 Å². The maximum absolute atomic E-state index is 12.1. The molecular weight excluding hydrogens is 272 g/mol. The lowest BCUT2D eigenvalue weighted by Gasteiger charge is -2.38. The lowest BCUT2D eigenvalue weighted by Crippen LogP contribution is -2.55. The van der Waals surface area contributed by atoms with E-state index >= 15 is 0 Å². The van der Waals surface area contributed by atoms with Crippen molar-refractivity contribution in [2.45, 2.75) is 39.3 Å². The number of nitrogens with zero attached hydrogens (tertiary/aromatic N) is 4. The zero-order chi connectivity index (χ0) is 15.6. The number of carbonyl (C=O) groups excluding carboxylic acids is 1. The molecule has 2 rings (SSSR count). The quantitative estimate of drug-likeness (QED) is 0.729. The van der Waals surface area contributed by atoms with Crippen molar-refractivity contribution in [3.05, 3.63) is 5.89 Å². The Labute approximate surface area is 124 Å². The number of carbonyl (C=O) groups is 1. The average molecular weight is 292 g/mol. The fourth-order valence-corrected chi connectivity index (χ4v) is 2.06. The zero-order valence-corrected chi connectivity index (χ0v) is 12.8. The van der Waals surface area contributed by atoms with Gasteiger partial charge in [0.05, 0.1) is 6.54 Å². The van der Waals surface area contributed by atoms with E-state index in [-0.39, 0.29) is 12.1 Å². The van der Waals surface area contributed by atoms with Crippen molar-refractivity contribution < 1.29 is 14.1 Å². The predicted molar refractivity (Wildman–Crippen MR) is 76.8 cm³/mol. The maximum Gasteiger partial charge on any atom is 0.410 e. The molecule has 1 atom stereocenters. The van der Waals surface area contributed by atoms with E-state index in [4.69, 9.17) is 15.7 Å². The molecule has 1 aromatic rings. The SMILES string of the molecule is C#C[C@H]1CN(C(=O)OC(C)(C)C)CCN1c1noc(C)n1. The van der Waals surface area contributed by atoms with Gasteiger partial charge in [0, 0.05) is 20.0 Å². The van der Waals surface area contributed by atoms with Crippen LogP contribution in [0.5, 0.6) is 0 Å². The van der Waals surface area contributed by atoms with Gasteiger partial charge in [0.2, 0.25) is 5.89 Å². The van der Waals surface area contributed by atoms with Gasteiger partial charge in [-0.3, -0.25) is 0 Å². The highest BCUT2D eigenvalue weighted by molar-refractivity contribution is 5.69. The fourth-order valence-electron chi connectivity index (χ4n) is 2.06. The molecule has 0 spiro atoms. The Balaban J connectivity index is 2.05. The van der Waals surface area contributed by atoms with Crippen molar-refractivity contribution in [2.75, 3.05) is 24.5 Å². The number of terminal acetylenes is 1. The van der Waals surface area contributed by atoms with Crippen molar-refractivity contribution in [3.63, 3.8) is 0 Å². The number of hydrogen-bond donors (Lipinski definition) is 0. The normalized spacial score (nSPS) is 19.3. The van der Waals surface area contributed by atoms with Gasteiger partial charge in [0.25, 0.3) is 5.95 Å². The summed E-state index contributed by atoms with van der Waals surface area (Å²) in [5.41, 5.74) is -0.523. The summed E-state index contributed by atoms with van der Waals surface area (Å²) in [6.45, 7) is 8.64. The Hall–Kier alpha value is -2.23. The van der Waals surface area contributed by atoms with Gasteiger partial charge in [-0.25, -0.2) is 4.79 Å². The highest BCUT2D eigenvalue weighted by Gasteiger charge is 2.32. The highest BCUT2D eigenvalue weighted by atomic mass is 16.6. The number of ether oxygens (including phenoxy) is 1. The minimum absolute atomic E-state index is 0.303. The number of aryl methyl sites for hydroxylation is 1. The average Bonchev–Trinajstić information content (AvgIpc) is 2.82. The van der Waals surface area contributed by atoms with Crippen LogP contribution in [-0.4, -0.2) is 52.4 Å². The van der Waals surface area contributed by atoms with E-state index in [1.807, 2.05) is 25.7 Å². The third-order valence-corrected chi connectivity index (χ3v) is 3.00. The lowest BCUT2D eigenvalue weighted by atomic mass is 10.2. The molecule has 7 nitrogen and oxygen atoms in total. The molecule has 0 bridgehead atoms. The second-order valence-electron chi connectivity index (χ2n) is 5.92. The van der Waals surface area contributed by atoms with Crippen molar-refractivity contribution in [1.82, 2.24) is 15.0 Å². The molecule has 0 N–H and O–H groups in total. The molecule has 2 heterocycles. The van der Waals surface area contributed by atoms with Crippen molar-refractivity contribution >= 4 is 12.0 Å². The Morgan fingerprint density at radius 1 is 1.48 bits per heavy atom. The van der Waals surface area contributed by atoms with Crippen LogP contribution in [0.1, 0.15) is 26.7 Å². The standard InChI is InChI=1S/C14H20N4O3/c1-6-11-9-17(13(19)20-14(3,4)5)7-8-18(11)12-15-10(2)21-16-12/h1,11H,7-9H2,2-5H3/t11-/m0/s1. The number of rotatable bonds is 1. The molecule has 0 unspecified atom stereocenters. The van der Waals surface area contributed by atoms with Crippen molar-refractivity contribution in [3.8, 4) is 12.3 Å². The van der Waals surface area contributed by atoms with Crippen LogP contribution in [-0.2, 0) is 4.74 Å². The summed E-state index contributed by atoms with van der Waals surface area (Å²) in [5.74, 6) is 3.60. The van der Waals surface area contributed by atoms with Gasteiger partial charge < -0.3 is 19.1 Å². The van der Waals surface area contributed by atoms with E-state index in [0.29, 0.717) is 31.5 Å². The summed E-state index contributed by atoms with van der Waals surface area (Å²) in [4.78, 5) is 19.7. The van der Waals surface area contributed by atoms with E-state index in [1.54, 1.807) is 11.8 Å². The third kappa shape index (κ3) is 3.66. The minimum atomic E-state index is -0.523. The molecule has 0 saturated carbocycles. The first kappa shape index (κ1) is 15.2. The van der Waals surface area contributed by atoms with Crippen LogP contribution in [0.2, 0.25) is 0 Å². The van der Waals surface area contributed by atoms with Crippen molar-refractivity contribution in [2.24, 2.45) is 0 Å². The minimum Gasteiger partial charge on any atom is -0.444 e. The molecule has 1 amide bonds. The van der Waals surface area contributed by atoms with Gasteiger partial charge in [-0.05, 0) is 25.9 Å². The van der Waals surface area contributed by atoms with Crippen LogP contribution in [0.25, 0.3) is 0 Å². The number of piperazine rings is 1. The number of anilines is 1. The summed E-state index contributed by atoms with van der Waals surface area (Å²) in [6, 6.07) is -0.303. The van der Waals surface area contributed by atoms with Gasteiger partial charge in [0.15, 0.2) is 0 Å². The second kappa shape index (κ2) is 5.64. The Morgan fingerprint density at radius 3 is 2.71 bits per heavy atom. The molecule has 0 aromatic carbocycles. The van der Waals surface area contributed by atoms with E-state index in [0.717, 1.165) is 0 Å². The summed E-state index contributed by atoms with van der Waals surface area (Å²) >= 11 is 0. The summed E-state index contributed by atoms with van der Waals surface area (Å²) in [5, 5.41) is 3.88. The number of hydrogen-bond acceptors (Lipinski definition) is 6. The molecule has 1 saturated heterocycles. The van der Waals surface area contributed by atoms with Crippen LogP contribution in [0.4, 0.5) is 10.7 Å². The Kier molecular flexibility index (Phi) is 4.07. The topological polar surface area (TPSA) is 71.7 Å². The smallest absolute Gasteiger partial charge is 0.410 e. The van der Waals surface area contributed by atoms with E-state index in [2.05, 4.69) is 16.1 Å². The zero-order valence-electron chi connectivity index (χ0n) is 12.8. The number of amides is 1. The van der Waals surface area contributed by atoms with Gasteiger partial charge in [-0.1, -0.05) is 5.92 Å². The molecule has 1 aliphatic rings. The van der Waals surface area contributed by atoms with Crippen molar-refractivity contribution in [1.29, 1.82) is 0 Å². The monoisotopic (exact) mass is 292 g/mol. The van der Waals surface area contributed by atoms with Gasteiger partial charge in [-0.15, -0.1) is 6.42 Å². The van der Waals surface area contributed by atoms with Gasteiger partial charge in [0.1, 0.15) is 11.6 Å². The highest BCUT2D eigenvalue weighted by Crippen LogP contribution is 2.19. The largest absolute Gasteiger partial charge is 0.444 e. The molecule has 1 fully saturated rings.